The molecule has 0 bridgehead atoms. The Morgan fingerprint density at radius 2 is 2.04 bits per heavy atom. The average Bonchev–Trinajstić information content (AvgIpc) is 3.25. The van der Waals surface area contributed by atoms with Crippen LogP contribution in [0.4, 0.5) is 5.13 Å². The first-order valence-electron chi connectivity index (χ1n) is 7.74. The maximum Gasteiger partial charge on any atom is 0.230 e. The molecule has 1 amide bonds. The Bertz CT molecular complexity index is 780. The largest absolute Gasteiger partial charge is 0.494 e. The van der Waals surface area contributed by atoms with Crippen LogP contribution in [-0.2, 0) is 11.2 Å². The third-order valence-electron chi connectivity index (χ3n) is 3.32. The van der Waals surface area contributed by atoms with Crippen LogP contribution in [0.25, 0.3) is 11.3 Å². The Balaban J connectivity index is 1.61. The van der Waals surface area contributed by atoms with Gasteiger partial charge in [-0.05, 0) is 53.1 Å². The summed E-state index contributed by atoms with van der Waals surface area (Å²) in [5.74, 6) is 0.817. The molecular formula is C18H18N2O2S2. The number of nitrogens with one attached hydrogen (secondary N) is 1. The number of hydrogen-bond acceptors (Lipinski definition) is 5. The van der Waals surface area contributed by atoms with E-state index in [-0.39, 0.29) is 5.91 Å². The topological polar surface area (TPSA) is 51.2 Å². The van der Waals surface area contributed by atoms with Crippen molar-refractivity contribution in [1.82, 2.24) is 4.98 Å². The summed E-state index contributed by atoms with van der Waals surface area (Å²) < 4.78 is 5.58. The van der Waals surface area contributed by atoms with Crippen LogP contribution < -0.4 is 10.1 Å². The molecule has 0 saturated heterocycles. The number of amides is 1. The molecule has 0 saturated carbocycles. The van der Waals surface area contributed by atoms with Gasteiger partial charge in [-0.3, -0.25) is 4.79 Å². The van der Waals surface area contributed by atoms with Crippen molar-refractivity contribution in [3.8, 4) is 17.0 Å². The van der Waals surface area contributed by atoms with E-state index in [2.05, 4.69) is 17.2 Å². The normalized spacial score (nSPS) is 10.5. The van der Waals surface area contributed by atoms with Gasteiger partial charge in [0.15, 0.2) is 5.13 Å². The van der Waals surface area contributed by atoms with Crippen molar-refractivity contribution in [2.45, 2.75) is 19.8 Å². The molecule has 2 heterocycles. The van der Waals surface area contributed by atoms with Crippen molar-refractivity contribution in [2.24, 2.45) is 0 Å². The van der Waals surface area contributed by atoms with Gasteiger partial charge in [0.25, 0.3) is 0 Å². The lowest BCUT2D eigenvalue weighted by molar-refractivity contribution is -0.115. The van der Waals surface area contributed by atoms with Crippen LogP contribution in [0.15, 0.2) is 46.5 Å². The molecule has 0 atom stereocenters. The van der Waals surface area contributed by atoms with Gasteiger partial charge in [-0.15, -0.1) is 11.3 Å². The fourth-order valence-corrected chi connectivity index (χ4v) is 3.55. The van der Waals surface area contributed by atoms with Crippen LogP contribution in [0.1, 0.15) is 18.9 Å². The zero-order valence-corrected chi connectivity index (χ0v) is 15.0. The van der Waals surface area contributed by atoms with Gasteiger partial charge in [-0.25, -0.2) is 4.98 Å². The van der Waals surface area contributed by atoms with Crippen LogP contribution in [0.3, 0.4) is 0 Å². The summed E-state index contributed by atoms with van der Waals surface area (Å²) in [6.07, 6.45) is 1.37. The number of thiophene rings is 1. The first kappa shape index (κ1) is 16.7. The third-order valence-corrected chi connectivity index (χ3v) is 4.81. The predicted octanol–water partition coefficient (Wildman–Crippen LogP) is 4.84. The Hall–Kier alpha value is -2.18. The van der Waals surface area contributed by atoms with Gasteiger partial charge in [-0.2, -0.15) is 11.3 Å². The number of anilines is 1. The summed E-state index contributed by atoms with van der Waals surface area (Å²) in [6.45, 7) is 2.80. The number of aromatic nitrogens is 1. The van der Waals surface area contributed by atoms with Gasteiger partial charge in [0.05, 0.1) is 18.7 Å². The maximum atomic E-state index is 12.0. The van der Waals surface area contributed by atoms with E-state index in [0.717, 1.165) is 35.6 Å². The van der Waals surface area contributed by atoms with Gasteiger partial charge in [0.1, 0.15) is 5.75 Å². The molecule has 0 aliphatic carbocycles. The number of nitrogens with zero attached hydrogens (tertiary/aromatic N) is 1. The lowest BCUT2D eigenvalue weighted by Gasteiger charge is -2.04. The molecule has 24 heavy (non-hydrogen) atoms. The highest BCUT2D eigenvalue weighted by Crippen LogP contribution is 2.26. The lowest BCUT2D eigenvalue weighted by Crippen LogP contribution is -2.13. The van der Waals surface area contributed by atoms with Crippen molar-refractivity contribution in [3.05, 3.63) is 52.0 Å². The van der Waals surface area contributed by atoms with Crippen molar-refractivity contribution in [2.75, 3.05) is 11.9 Å². The van der Waals surface area contributed by atoms with Crippen LogP contribution in [0.5, 0.6) is 5.75 Å². The second kappa shape index (κ2) is 8.08. The van der Waals surface area contributed by atoms with Crippen LogP contribution in [0.2, 0.25) is 0 Å². The highest BCUT2D eigenvalue weighted by molar-refractivity contribution is 7.14. The van der Waals surface area contributed by atoms with Gasteiger partial charge < -0.3 is 10.1 Å². The summed E-state index contributed by atoms with van der Waals surface area (Å²) in [6, 6.07) is 9.81. The Morgan fingerprint density at radius 1 is 1.21 bits per heavy atom. The molecule has 0 aliphatic heterocycles. The number of carbonyl (C=O) groups is 1. The van der Waals surface area contributed by atoms with Crippen molar-refractivity contribution in [1.29, 1.82) is 0 Å². The van der Waals surface area contributed by atoms with Gasteiger partial charge >= 0.3 is 0 Å². The number of carbonyl (C=O) groups excluding carboxylic acids is 1. The number of rotatable bonds is 7. The minimum absolute atomic E-state index is 0.0439. The van der Waals surface area contributed by atoms with Gasteiger partial charge in [0, 0.05) is 10.9 Å². The Morgan fingerprint density at radius 3 is 2.75 bits per heavy atom. The second-order valence-corrected chi connectivity index (χ2v) is 6.91. The molecular weight excluding hydrogens is 340 g/mol. The maximum absolute atomic E-state index is 12.0. The predicted molar refractivity (Wildman–Crippen MR) is 100.0 cm³/mol. The fourth-order valence-electron chi connectivity index (χ4n) is 2.15. The molecule has 0 unspecified atom stereocenters. The lowest BCUT2D eigenvalue weighted by atomic mass is 10.2. The van der Waals surface area contributed by atoms with E-state index in [1.54, 1.807) is 11.3 Å². The molecule has 3 rings (SSSR count). The summed E-state index contributed by atoms with van der Waals surface area (Å²) in [4.78, 5) is 16.5. The van der Waals surface area contributed by atoms with E-state index >= 15 is 0 Å². The molecule has 3 aromatic rings. The highest BCUT2D eigenvalue weighted by Gasteiger charge is 2.09. The average molecular weight is 358 g/mol. The number of ether oxygens (including phenoxy) is 1. The molecule has 0 fully saturated rings. The van der Waals surface area contributed by atoms with E-state index in [1.165, 1.54) is 11.3 Å². The first-order valence-corrected chi connectivity index (χ1v) is 9.56. The SMILES string of the molecule is CCCOc1ccc(-c2csc(NC(=O)Cc3ccsc3)n2)cc1. The highest BCUT2D eigenvalue weighted by atomic mass is 32.1. The fraction of sp³-hybridized carbons (Fsp3) is 0.222. The summed E-state index contributed by atoms with van der Waals surface area (Å²) >= 11 is 3.02. The molecule has 4 nitrogen and oxygen atoms in total. The minimum atomic E-state index is -0.0439. The van der Waals surface area contributed by atoms with E-state index in [4.69, 9.17) is 4.74 Å². The molecule has 124 valence electrons. The van der Waals surface area contributed by atoms with E-state index in [9.17, 15) is 4.79 Å². The number of hydrogen-bond donors (Lipinski definition) is 1. The van der Waals surface area contributed by atoms with Crippen LogP contribution in [-0.4, -0.2) is 17.5 Å². The summed E-state index contributed by atoms with van der Waals surface area (Å²) in [5, 5.41) is 9.38. The van der Waals surface area contributed by atoms with Crippen LogP contribution in [0, 0.1) is 0 Å². The Labute approximate surface area is 149 Å². The third kappa shape index (κ3) is 4.43. The Kier molecular flexibility index (Phi) is 5.61. The van der Waals surface area contributed by atoms with Gasteiger partial charge in [0.2, 0.25) is 5.91 Å². The van der Waals surface area contributed by atoms with Crippen molar-refractivity contribution >= 4 is 33.7 Å². The standard InChI is InChI=1S/C18H18N2O2S2/c1-2-8-22-15-5-3-14(4-6-15)16-12-24-18(19-16)20-17(21)10-13-7-9-23-11-13/h3-7,9,11-12H,2,8,10H2,1H3,(H,19,20,21). The summed E-state index contributed by atoms with van der Waals surface area (Å²) in [7, 11) is 0. The molecule has 0 spiro atoms. The van der Waals surface area contributed by atoms with Crippen molar-refractivity contribution in [3.63, 3.8) is 0 Å². The zero-order chi connectivity index (χ0) is 16.8. The molecule has 1 aromatic carbocycles. The van der Waals surface area contributed by atoms with E-state index in [1.807, 2.05) is 46.5 Å². The molecule has 0 radical (unpaired) electrons. The minimum Gasteiger partial charge on any atom is -0.494 e. The molecule has 1 N–H and O–H groups in total. The van der Waals surface area contributed by atoms with E-state index in [0.29, 0.717) is 11.6 Å². The smallest absolute Gasteiger partial charge is 0.230 e. The zero-order valence-electron chi connectivity index (χ0n) is 13.3. The van der Waals surface area contributed by atoms with Crippen LogP contribution >= 0.6 is 22.7 Å². The second-order valence-electron chi connectivity index (χ2n) is 5.27. The number of benzene rings is 1. The quantitative estimate of drug-likeness (QED) is 0.657. The van der Waals surface area contributed by atoms with Crippen molar-refractivity contribution < 1.29 is 9.53 Å². The van der Waals surface area contributed by atoms with Gasteiger partial charge in [-0.1, -0.05) is 6.92 Å². The molecule has 2 aromatic heterocycles. The van der Waals surface area contributed by atoms with E-state index < -0.39 is 0 Å². The number of thiazole rings is 1. The first-order chi connectivity index (χ1) is 11.7. The summed E-state index contributed by atoms with van der Waals surface area (Å²) in [5.41, 5.74) is 2.89. The molecule has 6 heteroatoms. The molecule has 0 aliphatic rings. The monoisotopic (exact) mass is 358 g/mol.